The lowest BCUT2D eigenvalue weighted by molar-refractivity contribution is -0.123. The van der Waals surface area contributed by atoms with Gasteiger partial charge in [0.05, 0.1) is 0 Å². The Kier molecular flexibility index (Phi) is 6.61. The first-order chi connectivity index (χ1) is 6.97. The highest BCUT2D eigenvalue weighted by molar-refractivity contribution is 7.80. The summed E-state index contributed by atoms with van der Waals surface area (Å²) in [6.07, 6.45) is 1.19. The van der Waals surface area contributed by atoms with Crippen LogP contribution in [0.2, 0.25) is 0 Å². The van der Waals surface area contributed by atoms with Crippen LogP contribution in [0.15, 0.2) is 0 Å². The summed E-state index contributed by atoms with van der Waals surface area (Å²) in [5, 5.41) is 2.55. The third-order valence-electron chi connectivity index (χ3n) is 1.55. The Bertz CT molecular complexity index is 254. The van der Waals surface area contributed by atoms with E-state index < -0.39 is 0 Å². The molecule has 0 aromatic rings. The summed E-state index contributed by atoms with van der Waals surface area (Å²) in [5.41, 5.74) is 4.84. The van der Waals surface area contributed by atoms with Gasteiger partial charge >= 0.3 is 0 Å². The highest BCUT2D eigenvalue weighted by Gasteiger charge is 2.08. The topological polar surface area (TPSA) is 70.2 Å². The van der Waals surface area contributed by atoms with Crippen molar-refractivity contribution in [1.82, 2.24) is 16.2 Å². The molecule has 0 unspecified atom stereocenters. The zero-order valence-corrected chi connectivity index (χ0v) is 10.0. The number of rotatable bonds is 3. The summed E-state index contributed by atoms with van der Waals surface area (Å²) in [6, 6.07) is 0. The molecule has 0 aliphatic carbocycles. The molecule has 6 heteroatoms. The van der Waals surface area contributed by atoms with Gasteiger partial charge in [-0.05, 0) is 18.6 Å². The van der Waals surface area contributed by atoms with E-state index >= 15 is 0 Å². The molecule has 0 radical (unpaired) electrons. The lowest BCUT2D eigenvalue weighted by Gasteiger charge is -2.11. The van der Waals surface area contributed by atoms with E-state index in [0.717, 1.165) is 6.42 Å². The van der Waals surface area contributed by atoms with Gasteiger partial charge in [-0.25, -0.2) is 0 Å². The molecule has 0 aliphatic heterocycles. The molecular weight excluding hydrogens is 214 g/mol. The van der Waals surface area contributed by atoms with Crippen LogP contribution in [0, 0.1) is 5.92 Å². The maximum Gasteiger partial charge on any atom is 0.238 e. The highest BCUT2D eigenvalue weighted by Crippen LogP contribution is 1.89. The molecule has 2 amide bonds. The molecule has 3 N–H and O–H groups in total. The third-order valence-corrected chi connectivity index (χ3v) is 1.76. The molecule has 5 nitrogen and oxygen atoms in total. The molecule has 0 saturated carbocycles. The first-order valence-electron chi connectivity index (χ1n) is 4.87. The van der Waals surface area contributed by atoms with E-state index in [2.05, 4.69) is 16.2 Å². The zero-order chi connectivity index (χ0) is 11.8. The van der Waals surface area contributed by atoms with Crippen molar-refractivity contribution >= 4 is 29.1 Å². The van der Waals surface area contributed by atoms with Crippen LogP contribution in [0.1, 0.15) is 33.6 Å². The van der Waals surface area contributed by atoms with Gasteiger partial charge in [-0.15, -0.1) is 0 Å². The van der Waals surface area contributed by atoms with Crippen molar-refractivity contribution in [3.8, 4) is 0 Å². The minimum Gasteiger partial charge on any atom is -0.302 e. The monoisotopic (exact) mass is 231 g/mol. The second-order valence-electron chi connectivity index (χ2n) is 3.40. The standard InChI is InChI=1S/C9H17N3O2S/c1-4-5-7(13)11-12-9(15)10-8(14)6(2)3/h6H,4-5H2,1-3H3,(H,11,13)(H2,10,12,14,15). The molecule has 0 aliphatic rings. The Morgan fingerprint density at radius 2 is 1.87 bits per heavy atom. The van der Waals surface area contributed by atoms with Crippen LogP contribution in [-0.4, -0.2) is 16.9 Å². The molecule has 0 aromatic carbocycles. The molecule has 0 aromatic heterocycles. The summed E-state index contributed by atoms with van der Waals surface area (Å²) in [6.45, 7) is 5.42. The fourth-order valence-corrected chi connectivity index (χ4v) is 0.855. The van der Waals surface area contributed by atoms with Crippen molar-refractivity contribution in [1.29, 1.82) is 0 Å². The van der Waals surface area contributed by atoms with Crippen LogP contribution >= 0.6 is 12.2 Å². The fourth-order valence-electron chi connectivity index (χ4n) is 0.704. The summed E-state index contributed by atoms with van der Waals surface area (Å²) >= 11 is 4.79. The first kappa shape index (κ1) is 13.8. The minimum absolute atomic E-state index is 0.109. The van der Waals surface area contributed by atoms with Crippen molar-refractivity contribution < 1.29 is 9.59 Å². The lowest BCUT2D eigenvalue weighted by Crippen LogP contribution is -2.49. The smallest absolute Gasteiger partial charge is 0.238 e. The van der Waals surface area contributed by atoms with E-state index in [9.17, 15) is 9.59 Å². The van der Waals surface area contributed by atoms with E-state index in [4.69, 9.17) is 12.2 Å². The molecule has 86 valence electrons. The number of carbonyl (C=O) groups is 2. The minimum atomic E-state index is -0.183. The summed E-state index contributed by atoms with van der Waals surface area (Å²) in [5.74, 6) is -0.480. The Morgan fingerprint density at radius 1 is 1.27 bits per heavy atom. The highest BCUT2D eigenvalue weighted by atomic mass is 32.1. The van der Waals surface area contributed by atoms with Gasteiger partial charge in [0.15, 0.2) is 5.11 Å². The molecule has 0 bridgehead atoms. The van der Waals surface area contributed by atoms with Crippen LogP contribution in [-0.2, 0) is 9.59 Å². The van der Waals surface area contributed by atoms with E-state index in [1.165, 1.54) is 0 Å². The second kappa shape index (κ2) is 7.17. The molecule has 0 fully saturated rings. The van der Waals surface area contributed by atoms with Crippen LogP contribution in [0.25, 0.3) is 0 Å². The second-order valence-corrected chi connectivity index (χ2v) is 3.80. The number of nitrogens with one attached hydrogen (secondary N) is 3. The van der Waals surface area contributed by atoms with Gasteiger partial charge in [-0.3, -0.25) is 20.4 Å². The maximum atomic E-state index is 11.2. The summed E-state index contributed by atoms with van der Waals surface area (Å²) < 4.78 is 0. The molecular formula is C9H17N3O2S. The van der Waals surface area contributed by atoms with Gasteiger partial charge in [-0.1, -0.05) is 20.8 Å². The van der Waals surface area contributed by atoms with Crippen LogP contribution in [0.5, 0.6) is 0 Å². The predicted octanol–water partition coefficient (Wildman–Crippen LogP) is 0.464. The Labute approximate surface area is 95.0 Å². The number of hydrogen-bond donors (Lipinski definition) is 3. The van der Waals surface area contributed by atoms with Crippen molar-refractivity contribution in [3.05, 3.63) is 0 Å². The lowest BCUT2D eigenvalue weighted by atomic mass is 10.2. The maximum absolute atomic E-state index is 11.2. The number of amides is 2. The van der Waals surface area contributed by atoms with Gasteiger partial charge in [0, 0.05) is 12.3 Å². The largest absolute Gasteiger partial charge is 0.302 e. The first-order valence-corrected chi connectivity index (χ1v) is 5.27. The van der Waals surface area contributed by atoms with Gasteiger partial charge in [0.25, 0.3) is 0 Å². The van der Waals surface area contributed by atoms with Crippen LogP contribution < -0.4 is 16.2 Å². The Hall–Kier alpha value is -1.17. The van der Waals surface area contributed by atoms with Gasteiger partial charge < -0.3 is 5.32 Å². The molecule has 0 atom stereocenters. The predicted molar refractivity (Wildman–Crippen MR) is 61.8 cm³/mol. The Balaban J connectivity index is 3.76. The normalized spacial score (nSPS) is 9.60. The Morgan fingerprint density at radius 3 is 2.33 bits per heavy atom. The van der Waals surface area contributed by atoms with Gasteiger partial charge in [-0.2, -0.15) is 0 Å². The van der Waals surface area contributed by atoms with E-state index in [1.807, 2.05) is 6.92 Å². The molecule has 0 heterocycles. The summed E-state index contributed by atoms with van der Waals surface area (Å²) in [4.78, 5) is 22.2. The quantitative estimate of drug-likeness (QED) is 0.487. The molecule has 0 spiro atoms. The average molecular weight is 231 g/mol. The molecule has 15 heavy (non-hydrogen) atoms. The molecule has 0 rings (SSSR count). The fraction of sp³-hybridized carbons (Fsp3) is 0.667. The van der Waals surface area contributed by atoms with Crippen LogP contribution in [0.4, 0.5) is 0 Å². The van der Waals surface area contributed by atoms with E-state index in [-0.39, 0.29) is 22.8 Å². The van der Waals surface area contributed by atoms with Crippen molar-refractivity contribution in [2.45, 2.75) is 33.6 Å². The van der Waals surface area contributed by atoms with Crippen molar-refractivity contribution in [2.75, 3.05) is 0 Å². The number of thiocarbonyl (C=S) groups is 1. The number of hydrogen-bond acceptors (Lipinski definition) is 3. The van der Waals surface area contributed by atoms with Crippen molar-refractivity contribution in [2.24, 2.45) is 5.92 Å². The van der Waals surface area contributed by atoms with Crippen LogP contribution in [0.3, 0.4) is 0 Å². The SMILES string of the molecule is CCCC(=O)NNC(=S)NC(=O)C(C)C. The van der Waals surface area contributed by atoms with E-state index in [1.54, 1.807) is 13.8 Å². The average Bonchev–Trinajstić information content (AvgIpc) is 2.15. The zero-order valence-electron chi connectivity index (χ0n) is 9.22. The van der Waals surface area contributed by atoms with Gasteiger partial charge in [0.2, 0.25) is 11.8 Å². The number of hydrazine groups is 1. The molecule has 0 saturated heterocycles. The summed E-state index contributed by atoms with van der Waals surface area (Å²) in [7, 11) is 0. The number of carbonyl (C=O) groups excluding carboxylic acids is 2. The van der Waals surface area contributed by atoms with Crippen molar-refractivity contribution in [3.63, 3.8) is 0 Å². The third kappa shape index (κ3) is 6.84. The van der Waals surface area contributed by atoms with Gasteiger partial charge in [0.1, 0.15) is 0 Å². The van der Waals surface area contributed by atoms with E-state index in [0.29, 0.717) is 6.42 Å².